The van der Waals surface area contributed by atoms with Crippen LogP contribution in [-0.2, 0) is 0 Å². The van der Waals surface area contributed by atoms with Crippen molar-refractivity contribution >= 4 is 17.5 Å². The quantitative estimate of drug-likeness (QED) is 0.805. The molecule has 0 saturated heterocycles. The van der Waals surface area contributed by atoms with Crippen molar-refractivity contribution in [2.45, 2.75) is 10.9 Å². The van der Waals surface area contributed by atoms with Crippen molar-refractivity contribution in [3.63, 3.8) is 0 Å². The lowest BCUT2D eigenvalue weighted by Gasteiger charge is -2.29. The van der Waals surface area contributed by atoms with Crippen LogP contribution in [0.2, 0.25) is 0 Å². The molecule has 1 aromatic carbocycles. The molecule has 4 heteroatoms. The average Bonchev–Trinajstić information content (AvgIpc) is 2.28. The van der Waals surface area contributed by atoms with E-state index in [0.29, 0.717) is 5.75 Å². The van der Waals surface area contributed by atoms with Gasteiger partial charge in [-0.05, 0) is 32.3 Å². The van der Waals surface area contributed by atoms with Gasteiger partial charge >= 0.3 is 0 Å². The Kier molecular flexibility index (Phi) is 3.26. The molecular formula is C13H15NO2S. The van der Waals surface area contributed by atoms with E-state index in [1.165, 1.54) is 0 Å². The lowest BCUT2D eigenvalue weighted by atomic mass is 10.0. The fraction of sp³-hybridized carbons (Fsp3) is 0.308. The van der Waals surface area contributed by atoms with Gasteiger partial charge < -0.3 is 4.74 Å². The lowest BCUT2D eigenvalue weighted by molar-refractivity contribution is 0.0904. The van der Waals surface area contributed by atoms with Gasteiger partial charge in [0.1, 0.15) is 11.8 Å². The summed E-state index contributed by atoms with van der Waals surface area (Å²) in [5, 5.41) is 0. The van der Waals surface area contributed by atoms with Gasteiger partial charge in [-0.15, -0.1) is 0 Å². The summed E-state index contributed by atoms with van der Waals surface area (Å²) in [7, 11) is 5.38. The van der Waals surface area contributed by atoms with E-state index in [1.807, 2.05) is 31.1 Å². The van der Waals surface area contributed by atoms with Crippen LogP contribution < -0.4 is 4.74 Å². The Bertz CT molecular complexity index is 482. The molecule has 0 spiro atoms. The van der Waals surface area contributed by atoms with E-state index in [-0.39, 0.29) is 11.8 Å². The SMILES string of the molecule is C=C1Sc2ccc(OC)cc2C(=O)C1N(C)C. The Morgan fingerprint density at radius 3 is 2.71 bits per heavy atom. The topological polar surface area (TPSA) is 29.5 Å². The van der Waals surface area contributed by atoms with Crippen LogP contribution in [0.1, 0.15) is 10.4 Å². The summed E-state index contributed by atoms with van der Waals surface area (Å²) in [5.74, 6) is 0.801. The van der Waals surface area contributed by atoms with Crippen LogP contribution >= 0.6 is 11.8 Å². The van der Waals surface area contributed by atoms with Gasteiger partial charge in [0.25, 0.3) is 0 Å². The number of rotatable bonds is 2. The lowest BCUT2D eigenvalue weighted by Crippen LogP contribution is -2.38. The van der Waals surface area contributed by atoms with Crippen LogP contribution in [0.15, 0.2) is 34.6 Å². The second-order valence-corrected chi connectivity index (χ2v) is 5.33. The maximum Gasteiger partial charge on any atom is 0.186 e. The number of thioether (sulfide) groups is 1. The predicted molar refractivity (Wildman–Crippen MR) is 69.8 cm³/mol. The molecule has 1 heterocycles. The minimum absolute atomic E-state index is 0.0904. The van der Waals surface area contributed by atoms with Gasteiger partial charge in [0.15, 0.2) is 5.78 Å². The van der Waals surface area contributed by atoms with Crippen LogP contribution in [-0.4, -0.2) is 37.9 Å². The second kappa shape index (κ2) is 4.55. The molecule has 17 heavy (non-hydrogen) atoms. The van der Waals surface area contributed by atoms with Gasteiger partial charge in [-0.1, -0.05) is 18.3 Å². The average molecular weight is 249 g/mol. The third-order valence-electron chi connectivity index (χ3n) is 2.76. The highest BCUT2D eigenvalue weighted by Gasteiger charge is 2.32. The van der Waals surface area contributed by atoms with E-state index < -0.39 is 0 Å². The summed E-state index contributed by atoms with van der Waals surface area (Å²) in [6.07, 6.45) is 0. The molecule has 0 saturated carbocycles. The first-order chi connectivity index (χ1) is 8.04. The number of likely N-dealkylation sites (N-methyl/N-ethyl adjacent to an activating group) is 1. The molecule has 3 nitrogen and oxygen atoms in total. The standard InChI is InChI=1S/C13H15NO2S/c1-8-12(14(2)3)13(15)10-7-9(16-4)5-6-11(10)17-8/h5-7,12H,1H2,2-4H3. The monoisotopic (exact) mass is 249 g/mol. The molecule has 1 aromatic rings. The number of benzene rings is 1. The highest BCUT2D eigenvalue weighted by molar-refractivity contribution is 8.03. The Hall–Kier alpha value is -1.26. The molecule has 0 N–H and O–H groups in total. The minimum atomic E-state index is -0.250. The van der Waals surface area contributed by atoms with Crippen LogP contribution in [0.5, 0.6) is 5.75 Å². The summed E-state index contributed by atoms with van der Waals surface area (Å²) < 4.78 is 5.15. The number of carbonyl (C=O) groups is 1. The summed E-state index contributed by atoms with van der Waals surface area (Å²) in [6, 6.07) is 5.32. The maximum absolute atomic E-state index is 12.4. The van der Waals surface area contributed by atoms with Crippen molar-refractivity contribution < 1.29 is 9.53 Å². The molecule has 0 aliphatic carbocycles. The number of nitrogens with zero attached hydrogens (tertiary/aromatic N) is 1. The van der Waals surface area contributed by atoms with E-state index in [1.54, 1.807) is 24.9 Å². The van der Waals surface area contributed by atoms with Crippen LogP contribution in [0.3, 0.4) is 0 Å². The van der Waals surface area contributed by atoms with E-state index in [0.717, 1.165) is 15.4 Å². The van der Waals surface area contributed by atoms with Crippen LogP contribution in [0, 0.1) is 0 Å². The van der Waals surface area contributed by atoms with E-state index in [4.69, 9.17) is 4.74 Å². The molecule has 1 aliphatic rings. The molecule has 1 atom stereocenters. The van der Waals surface area contributed by atoms with Gasteiger partial charge in [-0.3, -0.25) is 9.69 Å². The van der Waals surface area contributed by atoms with Gasteiger partial charge in [0.2, 0.25) is 0 Å². The van der Waals surface area contributed by atoms with Crippen molar-refractivity contribution in [1.82, 2.24) is 4.90 Å². The number of carbonyl (C=O) groups excluding carboxylic acids is 1. The number of methoxy groups -OCH3 is 1. The molecule has 1 unspecified atom stereocenters. The molecule has 0 aromatic heterocycles. The summed E-state index contributed by atoms with van der Waals surface area (Å²) >= 11 is 1.56. The smallest absolute Gasteiger partial charge is 0.186 e. The Morgan fingerprint density at radius 2 is 2.12 bits per heavy atom. The normalized spacial score (nSPS) is 19.4. The third kappa shape index (κ3) is 2.10. The molecule has 0 radical (unpaired) electrons. The van der Waals surface area contributed by atoms with E-state index in [2.05, 4.69) is 6.58 Å². The third-order valence-corrected chi connectivity index (χ3v) is 3.82. The first kappa shape index (κ1) is 12.2. The highest BCUT2D eigenvalue weighted by Crippen LogP contribution is 2.39. The zero-order chi connectivity index (χ0) is 12.6. The Labute approximate surface area is 105 Å². The summed E-state index contributed by atoms with van der Waals surface area (Å²) in [5.41, 5.74) is 0.723. The summed E-state index contributed by atoms with van der Waals surface area (Å²) in [6.45, 7) is 3.98. The second-order valence-electron chi connectivity index (χ2n) is 4.16. The number of hydrogen-bond donors (Lipinski definition) is 0. The predicted octanol–water partition coefficient (Wildman–Crippen LogP) is 2.43. The number of fused-ring (bicyclic) bond motifs is 1. The zero-order valence-electron chi connectivity index (χ0n) is 10.2. The number of hydrogen-bond acceptors (Lipinski definition) is 4. The molecule has 0 amide bonds. The van der Waals surface area contributed by atoms with Crippen molar-refractivity contribution in [2.75, 3.05) is 21.2 Å². The number of ether oxygens (including phenoxy) is 1. The fourth-order valence-corrected chi connectivity index (χ4v) is 3.05. The largest absolute Gasteiger partial charge is 0.497 e. The molecule has 0 fully saturated rings. The van der Waals surface area contributed by atoms with Crippen LogP contribution in [0.4, 0.5) is 0 Å². The number of ketones is 1. The van der Waals surface area contributed by atoms with Crippen molar-refractivity contribution in [3.8, 4) is 5.75 Å². The van der Waals surface area contributed by atoms with Gasteiger partial charge in [0.05, 0.1) is 7.11 Å². The molecule has 1 aliphatic heterocycles. The molecular weight excluding hydrogens is 234 g/mol. The van der Waals surface area contributed by atoms with E-state index in [9.17, 15) is 4.79 Å². The van der Waals surface area contributed by atoms with Crippen molar-refractivity contribution in [2.24, 2.45) is 0 Å². The minimum Gasteiger partial charge on any atom is -0.497 e. The Morgan fingerprint density at radius 1 is 1.41 bits per heavy atom. The van der Waals surface area contributed by atoms with Crippen molar-refractivity contribution in [1.29, 1.82) is 0 Å². The first-order valence-electron chi connectivity index (χ1n) is 5.30. The highest BCUT2D eigenvalue weighted by atomic mass is 32.2. The van der Waals surface area contributed by atoms with Gasteiger partial charge in [-0.25, -0.2) is 0 Å². The first-order valence-corrected chi connectivity index (χ1v) is 6.11. The van der Waals surface area contributed by atoms with Crippen LogP contribution in [0.25, 0.3) is 0 Å². The van der Waals surface area contributed by atoms with Gasteiger partial charge in [-0.2, -0.15) is 0 Å². The molecule has 0 bridgehead atoms. The zero-order valence-corrected chi connectivity index (χ0v) is 11.0. The Balaban J connectivity index is 2.48. The van der Waals surface area contributed by atoms with Gasteiger partial charge in [0, 0.05) is 15.4 Å². The molecule has 2 rings (SSSR count). The number of Topliss-reactive ketones (excluding diaryl/α,β-unsaturated/α-hetero) is 1. The maximum atomic E-state index is 12.4. The molecule has 90 valence electrons. The summed E-state index contributed by atoms with van der Waals surface area (Å²) in [4.78, 5) is 16.1. The van der Waals surface area contributed by atoms with Crippen molar-refractivity contribution in [3.05, 3.63) is 35.2 Å². The van der Waals surface area contributed by atoms with E-state index >= 15 is 0 Å². The fourth-order valence-electron chi connectivity index (χ4n) is 1.93.